The van der Waals surface area contributed by atoms with Crippen LogP contribution in [-0.4, -0.2) is 0 Å². The van der Waals surface area contributed by atoms with Crippen molar-refractivity contribution in [3.05, 3.63) is 24.3 Å². The van der Waals surface area contributed by atoms with Gasteiger partial charge in [0.15, 0.2) is 0 Å². The normalized spacial score (nSPS) is 50.8. The molecule has 0 spiro atoms. The van der Waals surface area contributed by atoms with Gasteiger partial charge in [-0.25, -0.2) is 0 Å². The van der Waals surface area contributed by atoms with Gasteiger partial charge >= 0.3 is 0 Å². The first kappa shape index (κ1) is 16.3. The summed E-state index contributed by atoms with van der Waals surface area (Å²) in [6.07, 6.45) is 12.5. The fourth-order valence-corrected chi connectivity index (χ4v) is 6.20. The van der Waals surface area contributed by atoms with Crippen LogP contribution >= 0.6 is 0 Å². The molecule has 124 valence electrons. The predicted octanol–water partition coefficient (Wildman–Crippen LogP) is 6.20. The van der Waals surface area contributed by atoms with Crippen LogP contribution in [0.15, 0.2) is 24.3 Å². The molecule has 2 saturated carbocycles. The molecule has 22 heavy (non-hydrogen) atoms. The Bertz CT molecular complexity index is 429. The second-order valence-electron chi connectivity index (χ2n) is 9.15. The van der Waals surface area contributed by atoms with E-state index in [9.17, 15) is 0 Å². The van der Waals surface area contributed by atoms with Crippen molar-refractivity contribution in [1.29, 1.82) is 0 Å². The van der Waals surface area contributed by atoms with E-state index in [0.29, 0.717) is 0 Å². The van der Waals surface area contributed by atoms with E-state index in [1.165, 1.54) is 12.8 Å². The van der Waals surface area contributed by atoms with Crippen molar-refractivity contribution in [3.63, 3.8) is 0 Å². The average Bonchev–Trinajstić information content (AvgIpc) is 2.95. The van der Waals surface area contributed by atoms with E-state index in [1.54, 1.807) is 0 Å². The van der Waals surface area contributed by atoms with Gasteiger partial charge < -0.3 is 0 Å². The molecule has 3 aliphatic carbocycles. The Kier molecular flexibility index (Phi) is 4.59. The van der Waals surface area contributed by atoms with Gasteiger partial charge in [-0.2, -0.15) is 0 Å². The first-order valence-corrected chi connectivity index (χ1v) is 9.76. The van der Waals surface area contributed by atoms with Crippen LogP contribution in [0.25, 0.3) is 0 Å². The van der Waals surface area contributed by atoms with Crippen LogP contribution in [-0.2, 0) is 0 Å². The van der Waals surface area contributed by atoms with E-state index in [1.807, 2.05) is 0 Å². The van der Waals surface area contributed by atoms with Gasteiger partial charge in [0.25, 0.3) is 0 Å². The molecule has 3 aliphatic rings. The Hall–Kier alpha value is -0.520. The highest BCUT2D eigenvalue weighted by atomic mass is 14.5. The van der Waals surface area contributed by atoms with E-state index >= 15 is 0 Å². The van der Waals surface area contributed by atoms with Crippen molar-refractivity contribution in [2.75, 3.05) is 0 Å². The summed E-state index contributed by atoms with van der Waals surface area (Å²) < 4.78 is 0. The van der Waals surface area contributed by atoms with Gasteiger partial charge in [0.05, 0.1) is 0 Å². The third kappa shape index (κ3) is 2.61. The van der Waals surface area contributed by atoms with Crippen LogP contribution in [0.5, 0.6) is 0 Å². The lowest BCUT2D eigenvalue weighted by atomic mass is 9.72. The smallest absolute Gasteiger partial charge is 0.0136 e. The maximum absolute atomic E-state index is 2.54. The molecule has 0 aromatic heterocycles. The number of fused-ring (bicyclic) bond motifs is 1. The first-order chi connectivity index (χ1) is 10.4. The Labute approximate surface area is 138 Å². The molecule has 0 N–H and O–H groups in total. The molecule has 3 rings (SSSR count). The van der Waals surface area contributed by atoms with Gasteiger partial charge in [-0.3, -0.25) is 0 Å². The highest BCUT2D eigenvalue weighted by Crippen LogP contribution is 2.55. The zero-order valence-corrected chi connectivity index (χ0v) is 15.5. The number of allylic oxidation sites excluding steroid dienone is 4. The Morgan fingerprint density at radius 2 is 1.41 bits per heavy atom. The van der Waals surface area contributed by atoms with Crippen molar-refractivity contribution in [2.24, 2.45) is 59.2 Å². The van der Waals surface area contributed by atoms with Crippen LogP contribution in [0.4, 0.5) is 0 Å². The van der Waals surface area contributed by atoms with Crippen LogP contribution in [0.1, 0.15) is 54.4 Å². The fourth-order valence-electron chi connectivity index (χ4n) is 6.20. The van der Waals surface area contributed by atoms with Gasteiger partial charge in [0.2, 0.25) is 0 Å². The highest BCUT2D eigenvalue weighted by Gasteiger charge is 2.47. The van der Waals surface area contributed by atoms with E-state index in [4.69, 9.17) is 0 Å². The topological polar surface area (TPSA) is 0 Å². The summed E-state index contributed by atoms with van der Waals surface area (Å²) >= 11 is 0. The lowest BCUT2D eigenvalue weighted by Crippen LogP contribution is -2.26. The molecule has 0 aromatic carbocycles. The second kappa shape index (κ2) is 6.17. The molecule has 0 heterocycles. The first-order valence-electron chi connectivity index (χ1n) is 9.76. The van der Waals surface area contributed by atoms with Crippen molar-refractivity contribution in [1.82, 2.24) is 0 Å². The van der Waals surface area contributed by atoms with E-state index in [2.05, 4.69) is 65.8 Å². The fraction of sp³-hybridized carbons (Fsp3) is 0.818. The lowest BCUT2D eigenvalue weighted by molar-refractivity contribution is 0.177. The minimum Gasteiger partial charge on any atom is -0.0808 e. The van der Waals surface area contributed by atoms with Gasteiger partial charge in [0, 0.05) is 0 Å². The molecule has 8 unspecified atom stereocenters. The minimum atomic E-state index is 0.822. The largest absolute Gasteiger partial charge is 0.0808 e. The van der Waals surface area contributed by atoms with Crippen LogP contribution in [0, 0.1) is 59.2 Å². The van der Waals surface area contributed by atoms with Gasteiger partial charge in [-0.05, 0) is 72.0 Å². The van der Waals surface area contributed by atoms with E-state index in [0.717, 1.165) is 59.2 Å². The Balaban J connectivity index is 1.80. The third-order valence-electron chi connectivity index (χ3n) is 8.13. The molecule has 0 amide bonds. The molecule has 8 atom stereocenters. The number of hydrogen-bond acceptors (Lipinski definition) is 0. The minimum absolute atomic E-state index is 0.822. The van der Waals surface area contributed by atoms with Crippen LogP contribution in [0.2, 0.25) is 0 Å². The molecule has 0 saturated heterocycles. The predicted molar refractivity (Wildman–Crippen MR) is 96.5 cm³/mol. The summed E-state index contributed by atoms with van der Waals surface area (Å²) in [4.78, 5) is 0. The molecule has 0 radical (unpaired) electrons. The van der Waals surface area contributed by atoms with Gasteiger partial charge in [0.1, 0.15) is 0 Å². The van der Waals surface area contributed by atoms with Crippen molar-refractivity contribution in [3.8, 4) is 0 Å². The molecule has 0 aliphatic heterocycles. The molecule has 0 heteroatoms. The monoisotopic (exact) mass is 300 g/mol. The quantitative estimate of drug-likeness (QED) is 0.582. The lowest BCUT2D eigenvalue weighted by Gasteiger charge is -2.33. The average molecular weight is 301 g/mol. The van der Waals surface area contributed by atoms with Crippen LogP contribution < -0.4 is 0 Å². The molecular weight excluding hydrogens is 264 g/mol. The Morgan fingerprint density at radius 1 is 0.818 bits per heavy atom. The number of hydrogen-bond donors (Lipinski definition) is 0. The van der Waals surface area contributed by atoms with Crippen LogP contribution in [0.3, 0.4) is 0 Å². The van der Waals surface area contributed by atoms with Crippen molar-refractivity contribution >= 4 is 0 Å². The highest BCUT2D eigenvalue weighted by molar-refractivity contribution is 5.19. The second-order valence-corrected chi connectivity index (χ2v) is 9.15. The van der Waals surface area contributed by atoms with Gasteiger partial charge in [-0.1, -0.05) is 65.8 Å². The standard InChI is InChI=1S/C22H36/c1-13(2)20-11-18-9-7-8-10-19(18)22(20)12-21-16(5)14(3)15(4)17(21)6/h7-10,13-22H,11-12H2,1-6H3. The summed E-state index contributed by atoms with van der Waals surface area (Å²) in [6, 6.07) is 0. The molecule has 0 aromatic rings. The van der Waals surface area contributed by atoms with E-state index in [-0.39, 0.29) is 0 Å². The van der Waals surface area contributed by atoms with Crippen molar-refractivity contribution in [2.45, 2.75) is 54.4 Å². The SMILES string of the molecule is CC(C)C1CC2C=CC=CC2C1CC1C(C)C(C)C(C)C1C. The maximum Gasteiger partial charge on any atom is -0.0136 e. The van der Waals surface area contributed by atoms with Crippen molar-refractivity contribution < 1.29 is 0 Å². The zero-order chi connectivity index (χ0) is 16.0. The summed E-state index contributed by atoms with van der Waals surface area (Å²) in [5.74, 6) is 8.86. The van der Waals surface area contributed by atoms with Gasteiger partial charge in [-0.15, -0.1) is 0 Å². The summed E-state index contributed by atoms with van der Waals surface area (Å²) in [5, 5.41) is 0. The molecule has 0 bridgehead atoms. The summed E-state index contributed by atoms with van der Waals surface area (Å²) in [6.45, 7) is 15.0. The third-order valence-corrected chi connectivity index (χ3v) is 8.13. The van der Waals surface area contributed by atoms with E-state index < -0.39 is 0 Å². The Morgan fingerprint density at radius 3 is 2.00 bits per heavy atom. The summed E-state index contributed by atoms with van der Waals surface area (Å²) in [7, 11) is 0. The molecule has 2 fully saturated rings. The molecule has 0 nitrogen and oxygen atoms in total. The number of rotatable bonds is 3. The maximum atomic E-state index is 2.54. The zero-order valence-electron chi connectivity index (χ0n) is 15.5. The molecular formula is C22H36. The summed E-state index contributed by atoms with van der Waals surface area (Å²) in [5.41, 5.74) is 0.